The Kier molecular flexibility index (Phi) is 4.83. The van der Waals surface area contributed by atoms with Crippen LogP contribution in [0, 0.1) is 11.8 Å². The summed E-state index contributed by atoms with van der Waals surface area (Å²) >= 11 is 0. The summed E-state index contributed by atoms with van der Waals surface area (Å²) in [4.78, 5) is 25.3. The maximum absolute atomic E-state index is 12.6. The van der Waals surface area contributed by atoms with E-state index in [0.29, 0.717) is 30.8 Å². The van der Waals surface area contributed by atoms with Gasteiger partial charge in [-0.2, -0.15) is 9.78 Å². The van der Waals surface area contributed by atoms with Crippen molar-refractivity contribution in [2.45, 2.75) is 38.7 Å². The van der Waals surface area contributed by atoms with E-state index in [9.17, 15) is 9.59 Å². The molecule has 0 bridgehead atoms. The molecule has 7 nitrogen and oxygen atoms in total. The van der Waals surface area contributed by atoms with E-state index < -0.39 is 5.97 Å². The molecule has 2 aliphatic rings. The second kappa shape index (κ2) is 7.30. The highest BCUT2D eigenvalue weighted by atomic mass is 16.5. The molecule has 28 heavy (non-hydrogen) atoms. The van der Waals surface area contributed by atoms with E-state index in [1.165, 1.54) is 17.8 Å². The van der Waals surface area contributed by atoms with Gasteiger partial charge in [-0.3, -0.25) is 0 Å². The maximum atomic E-state index is 12.6. The van der Waals surface area contributed by atoms with Crippen LogP contribution in [-0.4, -0.2) is 51.0 Å². The smallest absolute Gasteiger partial charge is 0.356 e. The number of benzene rings is 1. The molecule has 2 atom stereocenters. The molecule has 1 aromatic heterocycles. The van der Waals surface area contributed by atoms with Crippen molar-refractivity contribution < 1.29 is 19.4 Å². The van der Waals surface area contributed by atoms with Crippen molar-refractivity contribution in [3.63, 3.8) is 0 Å². The van der Waals surface area contributed by atoms with Crippen molar-refractivity contribution in [1.29, 1.82) is 0 Å². The summed E-state index contributed by atoms with van der Waals surface area (Å²) in [6, 6.07) is 9.36. The van der Waals surface area contributed by atoms with Gasteiger partial charge >= 0.3 is 12.0 Å². The quantitative estimate of drug-likeness (QED) is 0.874. The van der Waals surface area contributed by atoms with E-state index in [2.05, 4.69) is 31.1 Å². The molecule has 2 fully saturated rings. The average molecular weight is 383 g/mol. The van der Waals surface area contributed by atoms with E-state index in [4.69, 9.17) is 9.84 Å². The third-order valence-electron chi connectivity index (χ3n) is 5.81. The number of fused-ring (bicyclic) bond motifs is 1. The van der Waals surface area contributed by atoms with Crippen LogP contribution in [0.3, 0.4) is 0 Å². The summed E-state index contributed by atoms with van der Waals surface area (Å²) in [5.74, 6) is 1.08. The topological polar surface area (TPSA) is 84.7 Å². The number of carbonyl (C=O) groups is 2. The minimum absolute atomic E-state index is 0.121. The van der Waals surface area contributed by atoms with Crippen LogP contribution in [0.2, 0.25) is 0 Å². The largest absolute Gasteiger partial charge is 0.490 e. The SMILES string of the molecule is CC(C)c1cccc(OC2CC3CN(C(=O)n4ccc(C(=O)O)n4)CC3C2)c1. The van der Waals surface area contributed by atoms with Crippen LogP contribution in [-0.2, 0) is 0 Å². The predicted molar refractivity (Wildman–Crippen MR) is 103 cm³/mol. The summed E-state index contributed by atoms with van der Waals surface area (Å²) in [6.07, 6.45) is 3.45. The lowest BCUT2D eigenvalue weighted by Crippen LogP contribution is -2.34. The fourth-order valence-electron chi connectivity index (χ4n) is 4.33. The summed E-state index contributed by atoms with van der Waals surface area (Å²) in [5, 5.41) is 12.8. The second-order valence-electron chi connectivity index (χ2n) is 8.10. The number of ether oxygens (including phenoxy) is 1. The van der Waals surface area contributed by atoms with Gasteiger partial charge < -0.3 is 14.7 Å². The zero-order chi connectivity index (χ0) is 19.8. The first-order valence-electron chi connectivity index (χ1n) is 9.75. The number of carbonyl (C=O) groups excluding carboxylic acids is 1. The Hall–Kier alpha value is -2.83. The highest BCUT2D eigenvalue weighted by Gasteiger charge is 2.43. The third kappa shape index (κ3) is 3.61. The molecular weight excluding hydrogens is 358 g/mol. The van der Waals surface area contributed by atoms with Crippen LogP contribution in [0.15, 0.2) is 36.5 Å². The van der Waals surface area contributed by atoms with Gasteiger partial charge in [0.15, 0.2) is 5.69 Å². The van der Waals surface area contributed by atoms with E-state index in [1.807, 2.05) is 12.1 Å². The van der Waals surface area contributed by atoms with Gasteiger partial charge in [-0.05, 0) is 54.4 Å². The fourth-order valence-corrected chi connectivity index (χ4v) is 4.33. The Bertz CT molecular complexity index is 877. The predicted octanol–water partition coefficient (Wildman–Crippen LogP) is 3.46. The first kappa shape index (κ1) is 18.5. The van der Waals surface area contributed by atoms with Gasteiger partial charge in [0.1, 0.15) is 5.75 Å². The Morgan fingerprint density at radius 1 is 1.18 bits per heavy atom. The lowest BCUT2D eigenvalue weighted by Gasteiger charge is -2.20. The number of aromatic nitrogens is 2. The highest BCUT2D eigenvalue weighted by molar-refractivity contribution is 5.86. The van der Waals surface area contributed by atoms with Gasteiger partial charge in [0.25, 0.3) is 0 Å². The monoisotopic (exact) mass is 383 g/mol. The van der Waals surface area contributed by atoms with Crippen LogP contribution >= 0.6 is 0 Å². The van der Waals surface area contributed by atoms with Crippen molar-refractivity contribution in [2.75, 3.05) is 13.1 Å². The van der Waals surface area contributed by atoms with Gasteiger partial charge in [-0.1, -0.05) is 26.0 Å². The lowest BCUT2D eigenvalue weighted by atomic mass is 10.0. The molecule has 4 rings (SSSR count). The van der Waals surface area contributed by atoms with Gasteiger partial charge in [-0.25, -0.2) is 9.59 Å². The molecule has 1 aromatic carbocycles. The summed E-state index contributed by atoms with van der Waals surface area (Å²) in [5.41, 5.74) is 1.15. The number of hydrogen-bond donors (Lipinski definition) is 1. The molecule has 1 aliphatic heterocycles. The number of carboxylic acids is 1. The minimum atomic E-state index is -1.13. The van der Waals surface area contributed by atoms with Crippen LogP contribution in [0.1, 0.15) is 48.7 Å². The molecule has 7 heteroatoms. The molecule has 0 spiro atoms. The number of aromatic carboxylic acids is 1. The van der Waals surface area contributed by atoms with Crippen molar-refractivity contribution in [3.8, 4) is 5.75 Å². The second-order valence-corrected chi connectivity index (χ2v) is 8.10. The molecule has 0 radical (unpaired) electrons. The van der Waals surface area contributed by atoms with Crippen LogP contribution in [0.4, 0.5) is 4.79 Å². The van der Waals surface area contributed by atoms with Gasteiger partial charge in [0.05, 0.1) is 6.10 Å². The molecule has 2 unspecified atom stereocenters. The fraction of sp³-hybridized carbons (Fsp3) is 0.476. The number of amides is 1. The lowest BCUT2D eigenvalue weighted by molar-refractivity contribution is 0.0690. The normalized spacial score (nSPS) is 23.8. The van der Waals surface area contributed by atoms with E-state index >= 15 is 0 Å². The van der Waals surface area contributed by atoms with Crippen molar-refractivity contribution in [1.82, 2.24) is 14.7 Å². The Morgan fingerprint density at radius 3 is 2.50 bits per heavy atom. The number of carboxylic acid groups (broad SMARTS) is 1. The zero-order valence-electron chi connectivity index (χ0n) is 16.1. The standard InChI is InChI=1S/C21H25N3O4/c1-13(2)14-4-3-5-17(8-14)28-18-9-15-11-23(12-16(15)10-18)21(27)24-7-6-19(22-24)20(25)26/h3-8,13,15-16,18H,9-12H2,1-2H3,(H,25,26). The van der Waals surface area contributed by atoms with Crippen LogP contribution in [0.5, 0.6) is 5.75 Å². The Balaban J connectivity index is 1.35. The molecule has 2 aromatic rings. The van der Waals surface area contributed by atoms with E-state index in [1.54, 1.807) is 4.90 Å². The van der Waals surface area contributed by atoms with Gasteiger partial charge in [0.2, 0.25) is 0 Å². The van der Waals surface area contributed by atoms with Crippen molar-refractivity contribution in [2.24, 2.45) is 11.8 Å². The van der Waals surface area contributed by atoms with E-state index in [0.717, 1.165) is 23.3 Å². The van der Waals surface area contributed by atoms with Crippen LogP contribution in [0.25, 0.3) is 0 Å². The first-order chi connectivity index (χ1) is 13.4. The van der Waals surface area contributed by atoms with E-state index in [-0.39, 0.29) is 17.8 Å². The molecular formula is C21H25N3O4. The molecule has 1 saturated heterocycles. The Labute approximate surface area is 163 Å². The maximum Gasteiger partial charge on any atom is 0.356 e. The molecule has 148 valence electrons. The third-order valence-corrected chi connectivity index (χ3v) is 5.81. The van der Waals surface area contributed by atoms with Crippen molar-refractivity contribution >= 4 is 12.0 Å². The highest BCUT2D eigenvalue weighted by Crippen LogP contribution is 2.40. The van der Waals surface area contributed by atoms with Gasteiger partial charge in [0, 0.05) is 19.3 Å². The molecule has 1 amide bonds. The first-order valence-corrected chi connectivity index (χ1v) is 9.75. The minimum Gasteiger partial charge on any atom is -0.490 e. The average Bonchev–Trinajstić information content (AvgIpc) is 3.36. The molecule has 1 saturated carbocycles. The van der Waals surface area contributed by atoms with Crippen LogP contribution < -0.4 is 4.74 Å². The summed E-state index contributed by atoms with van der Waals surface area (Å²) in [6.45, 7) is 5.67. The number of likely N-dealkylation sites (tertiary alicyclic amines) is 1. The molecule has 2 heterocycles. The van der Waals surface area contributed by atoms with Crippen molar-refractivity contribution in [3.05, 3.63) is 47.8 Å². The molecule has 1 aliphatic carbocycles. The van der Waals surface area contributed by atoms with Gasteiger partial charge in [-0.15, -0.1) is 0 Å². The molecule has 1 N–H and O–H groups in total. The number of hydrogen-bond acceptors (Lipinski definition) is 4. The number of rotatable bonds is 4. The number of nitrogens with zero attached hydrogens (tertiary/aromatic N) is 3. The summed E-state index contributed by atoms with van der Waals surface area (Å²) in [7, 11) is 0. The zero-order valence-corrected chi connectivity index (χ0v) is 16.1. The Morgan fingerprint density at radius 2 is 1.89 bits per heavy atom. The summed E-state index contributed by atoms with van der Waals surface area (Å²) < 4.78 is 7.35.